The molecular formula is C10H13ClFNO. The van der Waals surface area contributed by atoms with E-state index in [0.29, 0.717) is 6.73 Å². The molecule has 0 saturated heterocycles. The highest BCUT2D eigenvalue weighted by Crippen LogP contribution is 2.15. The number of rotatable bonds is 5. The zero-order valence-corrected chi connectivity index (χ0v) is 8.77. The summed E-state index contributed by atoms with van der Waals surface area (Å²) in [4.78, 5) is 0. The fraction of sp³-hybridized carbons (Fsp3) is 0.400. The van der Waals surface area contributed by atoms with Crippen molar-refractivity contribution in [3.63, 3.8) is 0 Å². The second-order valence-electron chi connectivity index (χ2n) is 2.93. The summed E-state index contributed by atoms with van der Waals surface area (Å²) in [6.07, 6.45) is 0.809. The fourth-order valence-electron chi connectivity index (χ4n) is 1.10. The van der Waals surface area contributed by atoms with Gasteiger partial charge in [-0.1, -0.05) is 17.7 Å². The van der Waals surface area contributed by atoms with Crippen LogP contribution in [-0.4, -0.2) is 20.4 Å². The summed E-state index contributed by atoms with van der Waals surface area (Å²) >= 11 is 5.63. The van der Waals surface area contributed by atoms with Gasteiger partial charge in [0.25, 0.3) is 0 Å². The van der Waals surface area contributed by atoms with Gasteiger partial charge >= 0.3 is 0 Å². The molecule has 0 bridgehead atoms. The standard InChI is InChI=1S/C10H13ClFNO/c1-14-7-13-5-4-8-2-3-10(12)9(11)6-8/h2-3,6,13H,4-5,7H2,1H3. The van der Waals surface area contributed by atoms with E-state index in [4.69, 9.17) is 16.3 Å². The number of ether oxygens (including phenoxy) is 1. The topological polar surface area (TPSA) is 21.3 Å². The lowest BCUT2D eigenvalue weighted by molar-refractivity contribution is 0.176. The SMILES string of the molecule is COCNCCc1ccc(F)c(Cl)c1. The Balaban J connectivity index is 2.39. The second-order valence-corrected chi connectivity index (χ2v) is 3.34. The van der Waals surface area contributed by atoms with Gasteiger partial charge in [-0.3, -0.25) is 5.32 Å². The van der Waals surface area contributed by atoms with Crippen LogP contribution in [0, 0.1) is 5.82 Å². The lowest BCUT2D eigenvalue weighted by Gasteiger charge is -2.04. The monoisotopic (exact) mass is 217 g/mol. The number of methoxy groups -OCH3 is 1. The highest BCUT2D eigenvalue weighted by Gasteiger charge is 2.00. The first-order valence-corrected chi connectivity index (χ1v) is 4.75. The van der Waals surface area contributed by atoms with Crippen LogP contribution in [0.1, 0.15) is 5.56 Å². The molecule has 78 valence electrons. The Morgan fingerprint density at radius 2 is 2.29 bits per heavy atom. The molecular weight excluding hydrogens is 205 g/mol. The summed E-state index contributed by atoms with van der Waals surface area (Å²) in [6, 6.07) is 4.76. The second kappa shape index (κ2) is 5.96. The molecule has 1 N–H and O–H groups in total. The molecule has 4 heteroatoms. The molecule has 0 saturated carbocycles. The van der Waals surface area contributed by atoms with E-state index in [0.717, 1.165) is 18.5 Å². The number of hydrogen-bond acceptors (Lipinski definition) is 2. The van der Waals surface area contributed by atoms with Crippen LogP contribution in [0.4, 0.5) is 4.39 Å². The van der Waals surface area contributed by atoms with Crippen LogP contribution in [0.3, 0.4) is 0 Å². The molecule has 0 amide bonds. The predicted molar refractivity (Wildman–Crippen MR) is 55.0 cm³/mol. The van der Waals surface area contributed by atoms with E-state index in [-0.39, 0.29) is 10.8 Å². The van der Waals surface area contributed by atoms with Crippen LogP contribution < -0.4 is 5.32 Å². The van der Waals surface area contributed by atoms with E-state index >= 15 is 0 Å². The Hall–Kier alpha value is -0.640. The fourth-order valence-corrected chi connectivity index (χ4v) is 1.31. The van der Waals surface area contributed by atoms with Crippen molar-refractivity contribution >= 4 is 11.6 Å². The van der Waals surface area contributed by atoms with Crippen molar-refractivity contribution < 1.29 is 9.13 Å². The number of nitrogens with one attached hydrogen (secondary N) is 1. The molecule has 0 heterocycles. The summed E-state index contributed by atoms with van der Waals surface area (Å²) in [5.74, 6) is -0.375. The Kier molecular flexibility index (Phi) is 4.87. The Morgan fingerprint density at radius 3 is 2.93 bits per heavy atom. The zero-order valence-electron chi connectivity index (χ0n) is 8.02. The first kappa shape index (κ1) is 11.4. The molecule has 1 aromatic carbocycles. The van der Waals surface area contributed by atoms with E-state index in [9.17, 15) is 4.39 Å². The molecule has 1 aromatic rings. The highest BCUT2D eigenvalue weighted by molar-refractivity contribution is 6.30. The maximum Gasteiger partial charge on any atom is 0.141 e. The minimum atomic E-state index is -0.375. The van der Waals surface area contributed by atoms with Gasteiger partial charge in [-0.15, -0.1) is 0 Å². The molecule has 2 nitrogen and oxygen atoms in total. The molecule has 0 aromatic heterocycles. The first-order valence-electron chi connectivity index (χ1n) is 4.37. The largest absolute Gasteiger partial charge is 0.370 e. The average Bonchev–Trinajstić information content (AvgIpc) is 2.18. The van der Waals surface area contributed by atoms with Gasteiger partial charge in [0, 0.05) is 13.7 Å². The predicted octanol–water partition coefficient (Wildman–Crippen LogP) is 2.22. The van der Waals surface area contributed by atoms with E-state index in [2.05, 4.69) is 5.32 Å². The van der Waals surface area contributed by atoms with Gasteiger partial charge in [0.05, 0.1) is 11.8 Å². The van der Waals surface area contributed by atoms with Gasteiger partial charge in [-0.25, -0.2) is 4.39 Å². The summed E-state index contributed by atoms with van der Waals surface area (Å²) < 4.78 is 17.6. The van der Waals surface area contributed by atoms with E-state index < -0.39 is 0 Å². The molecule has 0 spiro atoms. The van der Waals surface area contributed by atoms with Crippen molar-refractivity contribution in [2.24, 2.45) is 0 Å². The minimum absolute atomic E-state index is 0.175. The van der Waals surface area contributed by atoms with Gasteiger partial charge in [-0.05, 0) is 24.1 Å². The van der Waals surface area contributed by atoms with Gasteiger partial charge < -0.3 is 4.74 Å². The third-order valence-electron chi connectivity index (χ3n) is 1.82. The van der Waals surface area contributed by atoms with Gasteiger partial charge in [0.15, 0.2) is 0 Å². The molecule has 0 aliphatic carbocycles. The molecule has 0 aliphatic heterocycles. The lowest BCUT2D eigenvalue weighted by Crippen LogP contribution is -2.19. The highest BCUT2D eigenvalue weighted by atomic mass is 35.5. The van der Waals surface area contributed by atoms with Crippen LogP contribution in [0.2, 0.25) is 5.02 Å². The minimum Gasteiger partial charge on any atom is -0.370 e. The van der Waals surface area contributed by atoms with Crippen molar-refractivity contribution in [1.29, 1.82) is 0 Å². The number of benzene rings is 1. The van der Waals surface area contributed by atoms with Crippen LogP contribution in [-0.2, 0) is 11.2 Å². The number of halogens is 2. The Labute approximate surface area is 88.0 Å². The van der Waals surface area contributed by atoms with Crippen molar-refractivity contribution in [2.75, 3.05) is 20.4 Å². The maximum absolute atomic E-state index is 12.8. The molecule has 0 unspecified atom stereocenters. The normalized spacial score (nSPS) is 10.5. The summed E-state index contributed by atoms with van der Waals surface area (Å²) in [6.45, 7) is 1.31. The lowest BCUT2D eigenvalue weighted by atomic mass is 10.1. The van der Waals surface area contributed by atoms with E-state index in [1.165, 1.54) is 6.07 Å². The molecule has 0 radical (unpaired) electrons. The van der Waals surface area contributed by atoms with Gasteiger partial charge in [-0.2, -0.15) is 0 Å². The third-order valence-corrected chi connectivity index (χ3v) is 2.11. The van der Waals surface area contributed by atoms with E-state index in [1.54, 1.807) is 19.2 Å². The quantitative estimate of drug-likeness (QED) is 0.603. The van der Waals surface area contributed by atoms with Crippen LogP contribution in [0.25, 0.3) is 0 Å². The van der Waals surface area contributed by atoms with Crippen LogP contribution >= 0.6 is 11.6 Å². The Morgan fingerprint density at radius 1 is 1.50 bits per heavy atom. The molecule has 1 rings (SSSR count). The maximum atomic E-state index is 12.8. The van der Waals surface area contributed by atoms with Crippen molar-refractivity contribution in [2.45, 2.75) is 6.42 Å². The van der Waals surface area contributed by atoms with E-state index in [1.807, 2.05) is 0 Å². The van der Waals surface area contributed by atoms with Crippen LogP contribution in [0.15, 0.2) is 18.2 Å². The van der Waals surface area contributed by atoms with Gasteiger partial charge in [0.1, 0.15) is 5.82 Å². The molecule has 14 heavy (non-hydrogen) atoms. The van der Waals surface area contributed by atoms with Crippen molar-refractivity contribution in [1.82, 2.24) is 5.32 Å². The first-order chi connectivity index (χ1) is 6.74. The smallest absolute Gasteiger partial charge is 0.141 e. The average molecular weight is 218 g/mol. The molecule has 0 aliphatic rings. The summed E-state index contributed by atoms with van der Waals surface area (Å²) in [5.41, 5.74) is 1.01. The van der Waals surface area contributed by atoms with Crippen molar-refractivity contribution in [3.8, 4) is 0 Å². The Bertz CT molecular complexity index is 293. The number of hydrogen-bond donors (Lipinski definition) is 1. The third kappa shape index (κ3) is 3.62. The zero-order chi connectivity index (χ0) is 10.4. The molecule has 0 fully saturated rings. The van der Waals surface area contributed by atoms with Gasteiger partial charge in [0.2, 0.25) is 0 Å². The molecule has 0 atom stereocenters. The summed E-state index contributed by atoms with van der Waals surface area (Å²) in [7, 11) is 1.63. The van der Waals surface area contributed by atoms with Crippen molar-refractivity contribution in [3.05, 3.63) is 34.6 Å². The van der Waals surface area contributed by atoms with Crippen LogP contribution in [0.5, 0.6) is 0 Å². The summed E-state index contributed by atoms with van der Waals surface area (Å²) in [5, 5.41) is 3.23.